The summed E-state index contributed by atoms with van der Waals surface area (Å²) in [6.45, 7) is 4.29. The number of fused-ring (bicyclic) bond motifs is 2. The summed E-state index contributed by atoms with van der Waals surface area (Å²) in [5, 5.41) is 51.5. The topological polar surface area (TPSA) is 122 Å². The Labute approximate surface area is 267 Å². The molecule has 2 aromatic heterocycles. The van der Waals surface area contributed by atoms with Gasteiger partial charge in [0.05, 0.1) is 0 Å². The van der Waals surface area contributed by atoms with Gasteiger partial charge in [0, 0.05) is 26.4 Å². The van der Waals surface area contributed by atoms with Crippen LogP contribution in [0.25, 0.3) is 33.4 Å². The van der Waals surface area contributed by atoms with Crippen LogP contribution < -0.4 is 0 Å². The minimum atomic E-state index is -0.465. The lowest BCUT2D eigenvalue weighted by Gasteiger charge is -2.11. The third-order valence-corrected chi connectivity index (χ3v) is 9.78. The van der Waals surface area contributed by atoms with Crippen molar-refractivity contribution in [3.05, 3.63) is 114 Å². The number of nitrogens with zero attached hydrogens (tertiary/aromatic N) is 6. The van der Waals surface area contributed by atoms with Crippen LogP contribution in [0.5, 0.6) is 17.2 Å². The molecule has 45 heavy (non-hydrogen) atoms. The molecule has 2 heterocycles. The highest BCUT2D eigenvalue weighted by atomic mass is 32.2. The maximum Gasteiger partial charge on any atom is 0.178 e. The number of aromatic nitrogens is 6. The highest BCUT2D eigenvalue weighted by Gasteiger charge is 2.24. The van der Waals surface area contributed by atoms with Gasteiger partial charge in [0.1, 0.15) is 22.1 Å². The van der Waals surface area contributed by atoms with Gasteiger partial charge in [-0.1, -0.05) is 60.7 Å². The van der Waals surface area contributed by atoms with Crippen molar-refractivity contribution in [1.29, 1.82) is 0 Å². The fourth-order valence-corrected chi connectivity index (χ4v) is 7.20. The minimum absolute atomic E-state index is 0.0971. The molecule has 0 saturated heterocycles. The molecule has 0 amide bonds. The molecule has 3 N–H and O–H groups in total. The smallest absolute Gasteiger partial charge is 0.178 e. The van der Waals surface area contributed by atoms with Crippen LogP contribution in [-0.4, -0.2) is 45.3 Å². The monoisotopic (exact) mass is 632 g/mol. The lowest BCUT2D eigenvalue weighted by molar-refractivity contribution is 0.412. The average molecular weight is 633 g/mol. The molecule has 0 aliphatic carbocycles. The summed E-state index contributed by atoms with van der Waals surface area (Å²) in [5.74, 6) is -1.26. The van der Waals surface area contributed by atoms with E-state index in [2.05, 4.69) is 58.5 Å². The molecule has 7 aromatic rings. The molecule has 0 radical (unpaired) electrons. The zero-order valence-corrected chi connectivity index (χ0v) is 25.9. The Morgan fingerprint density at radius 2 is 0.911 bits per heavy atom. The number of phenols is 3. The SMILES string of the molecule is CC(Sc1ccc2nn(-c3c(O)cc(O)c(-n4nc5ccc(SC(C)c6ccccc6)cc5n4)c3O)nc2c1)c1ccccc1. The van der Waals surface area contributed by atoms with Crippen molar-refractivity contribution in [3.8, 4) is 28.6 Å². The fraction of sp³-hybridized carbons (Fsp3) is 0.118. The van der Waals surface area contributed by atoms with Gasteiger partial charge in [-0.3, -0.25) is 0 Å². The summed E-state index contributed by atoms with van der Waals surface area (Å²) in [5.41, 5.74) is 4.58. The highest BCUT2D eigenvalue weighted by molar-refractivity contribution is 7.99. The number of thioether (sulfide) groups is 2. The molecule has 2 atom stereocenters. The molecule has 0 bridgehead atoms. The van der Waals surface area contributed by atoms with E-state index < -0.39 is 17.2 Å². The van der Waals surface area contributed by atoms with Crippen molar-refractivity contribution in [2.75, 3.05) is 0 Å². The second kappa shape index (κ2) is 11.8. The second-order valence-electron chi connectivity index (χ2n) is 10.6. The van der Waals surface area contributed by atoms with E-state index in [4.69, 9.17) is 0 Å². The molecular formula is C34H28N6O3S2. The molecule has 5 aromatic carbocycles. The van der Waals surface area contributed by atoms with Crippen LogP contribution in [0.15, 0.2) is 113 Å². The quantitative estimate of drug-likeness (QED) is 0.143. The number of hydrogen-bond acceptors (Lipinski definition) is 9. The summed E-state index contributed by atoms with van der Waals surface area (Å²) in [6.07, 6.45) is 0. The predicted molar refractivity (Wildman–Crippen MR) is 178 cm³/mol. The van der Waals surface area contributed by atoms with Crippen molar-refractivity contribution in [3.63, 3.8) is 0 Å². The van der Waals surface area contributed by atoms with E-state index in [1.54, 1.807) is 23.5 Å². The van der Waals surface area contributed by atoms with Crippen LogP contribution in [0, 0.1) is 0 Å². The molecule has 0 aliphatic heterocycles. The van der Waals surface area contributed by atoms with Gasteiger partial charge < -0.3 is 15.3 Å². The highest BCUT2D eigenvalue weighted by Crippen LogP contribution is 2.43. The van der Waals surface area contributed by atoms with E-state index in [1.165, 1.54) is 11.1 Å². The summed E-state index contributed by atoms with van der Waals surface area (Å²) >= 11 is 3.40. The van der Waals surface area contributed by atoms with Gasteiger partial charge in [0.2, 0.25) is 0 Å². The molecule has 2 unspecified atom stereocenters. The number of benzene rings is 5. The average Bonchev–Trinajstić information content (AvgIpc) is 3.65. The first-order valence-corrected chi connectivity index (χ1v) is 16.1. The van der Waals surface area contributed by atoms with Crippen LogP contribution in [-0.2, 0) is 0 Å². The molecule has 7 rings (SSSR count). The Hall–Kier alpha value is -5.00. The zero-order valence-electron chi connectivity index (χ0n) is 24.3. The van der Waals surface area contributed by atoms with Gasteiger partial charge in [-0.05, 0) is 61.4 Å². The van der Waals surface area contributed by atoms with Crippen molar-refractivity contribution in [1.82, 2.24) is 30.0 Å². The predicted octanol–water partition coefficient (Wildman–Crippen LogP) is 7.98. The van der Waals surface area contributed by atoms with Crippen molar-refractivity contribution < 1.29 is 15.3 Å². The van der Waals surface area contributed by atoms with Crippen LogP contribution in [0.4, 0.5) is 0 Å². The molecule has 0 fully saturated rings. The zero-order chi connectivity index (χ0) is 31.1. The van der Waals surface area contributed by atoms with Gasteiger partial charge >= 0.3 is 0 Å². The summed E-state index contributed by atoms with van der Waals surface area (Å²) in [7, 11) is 0. The first-order chi connectivity index (χ1) is 21.8. The van der Waals surface area contributed by atoms with E-state index in [0.717, 1.165) is 25.5 Å². The number of aromatic hydroxyl groups is 3. The van der Waals surface area contributed by atoms with Gasteiger partial charge in [0.25, 0.3) is 0 Å². The molecule has 0 saturated carbocycles. The van der Waals surface area contributed by atoms with Crippen LogP contribution >= 0.6 is 23.5 Å². The summed E-state index contributed by atoms with van der Waals surface area (Å²) in [6, 6.07) is 33.1. The molecule has 11 heteroatoms. The van der Waals surface area contributed by atoms with Gasteiger partial charge in [-0.25, -0.2) is 0 Å². The largest absolute Gasteiger partial charge is 0.505 e. The molecule has 224 valence electrons. The van der Waals surface area contributed by atoms with Gasteiger partial charge in [0.15, 0.2) is 28.6 Å². The third-order valence-electron chi connectivity index (χ3n) is 7.47. The Morgan fingerprint density at radius 1 is 0.511 bits per heavy atom. The standard InChI is InChI=1S/C34H28N6O3S2/c1-20(22-9-5-3-6-10-22)44-24-13-15-26-28(17-24)37-39(35-26)32-30(41)19-31(42)33(34(32)43)40-36-27-16-14-25(18-29(27)38-40)45-21(2)23-11-7-4-8-12-23/h3-21,41-43H,1-2H3. The lowest BCUT2D eigenvalue weighted by Crippen LogP contribution is -2.05. The first kappa shape index (κ1) is 28.8. The van der Waals surface area contributed by atoms with E-state index in [1.807, 2.05) is 72.8 Å². The minimum Gasteiger partial charge on any atom is -0.505 e. The first-order valence-electron chi connectivity index (χ1n) is 14.3. The normalized spacial score (nSPS) is 12.9. The maximum absolute atomic E-state index is 11.4. The van der Waals surface area contributed by atoms with E-state index in [9.17, 15) is 15.3 Å². The maximum atomic E-state index is 11.4. The van der Waals surface area contributed by atoms with Crippen LogP contribution in [0.2, 0.25) is 0 Å². The van der Waals surface area contributed by atoms with Gasteiger partial charge in [-0.2, -0.15) is 0 Å². The fourth-order valence-electron chi connectivity index (χ4n) is 5.14. The summed E-state index contributed by atoms with van der Waals surface area (Å²) in [4.78, 5) is 4.34. The van der Waals surface area contributed by atoms with Crippen LogP contribution in [0.1, 0.15) is 35.5 Å². The van der Waals surface area contributed by atoms with E-state index in [-0.39, 0.29) is 21.9 Å². The Balaban J connectivity index is 1.20. The van der Waals surface area contributed by atoms with Gasteiger partial charge in [-0.15, -0.1) is 53.5 Å². The van der Waals surface area contributed by atoms with Crippen molar-refractivity contribution in [2.45, 2.75) is 34.1 Å². The third kappa shape index (κ3) is 5.67. The van der Waals surface area contributed by atoms with Crippen molar-refractivity contribution in [2.24, 2.45) is 0 Å². The number of hydrogen-bond donors (Lipinski definition) is 3. The number of rotatable bonds is 8. The second-order valence-corrected chi connectivity index (χ2v) is 13.4. The Kier molecular flexibility index (Phi) is 7.56. The van der Waals surface area contributed by atoms with Crippen LogP contribution in [0.3, 0.4) is 0 Å². The molecular weight excluding hydrogens is 605 g/mol. The Morgan fingerprint density at radius 3 is 1.33 bits per heavy atom. The van der Waals surface area contributed by atoms with Crippen molar-refractivity contribution >= 4 is 45.6 Å². The molecule has 9 nitrogen and oxygen atoms in total. The Bertz CT molecular complexity index is 2000. The summed E-state index contributed by atoms with van der Waals surface area (Å²) < 4.78 is 0. The molecule has 0 aliphatic rings. The van der Waals surface area contributed by atoms with E-state index >= 15 is 0 Å². The lowest BCUT2D eigenvalue weighted by atomic mass is 10.2. The number of phenolic OH excluding ortho intramolecular Hbond substituents is 3. The van der Waals surface area contributed by atoms with E-state index in [0.29, 0.717) is 22.1 Å². The molecule has 0 spiro atoms.